The summed E-state index contributed by atoms with van der Waals surface area (Å²) in [5.74, 6) is 0. The fourth-order valence-corrected chi connectivity index (χ4v) is 3.28. The molecule has 0 aliphatic rings. The zero-order valence-electron chi connectivity index (χ0n) is 13.7. The summed E-state index contributed by atoms with van der Waals surface area (Å²) < 4.78 is 28.7. The van der Waals surface area contributed by atoms with Gasteiger partial charge < -0.3 is 5.32 Å². The Bertz CT molecular complexity index is 713. The van der Waals surface area contributed by atoms with E-state index in [0.29, 0.717) is 13.1 Å². The maximum atomic E-state index is 12.1. The monoisotopic (exact) mass is 336 g/mol. The average Bonchev–Trinajstić information content (AvgIpc) is 2.98. The minimum atomic E-state index is -3.43. The number of rotatable bonds is 8. The molecule has 0 aliphatic carbocycles. The summed E-state index contributed by atoms with van der Waals surface area (Å²) in [6, 6.07) is 8.75. The quantitative estimate of drug-likeness (QED) is 0.720. The second-order valence-electron chi connectivity index (χ2n) is 5.69. The van der Waals surface area contributed by atoms with E-state index in [1.54, 1.807) is 30.3 Å². The molecular formula is C16H24N4O2S. The molecule has 0 amide bonds. The molecule has 2 N–H and O–H groups in total. The zero-order chi connectivity index (χ0) is 16.9. The molecule has 23 heavy (non-hydrogen) atoms. The van der Waals surface area contributed by atoms with E-state index < -0.39 is 10.0 Å². The second-order valence-corrected chi connectivity index (χ2v) is 7.46. The maximum absolute atomic E-state index is 12.1. The summed E-state index contributed by atoms with van der Waals surface area (Å²) in [4.78, 5) is 0.286. The summed E-state index contributed by atoms with van der Waals surface area (Å²) >= 11 is 0. The predicted molar refractivity (Wildman–Crippen MR) is 90.8 cm³/mol. The SMILES string of the molecule is Cc1cnn([C@H](C)[C@H](C)NCCNS(=O)(=O)c2ccccc2)c1. The maximum Gasteiger partial charge on any atom is 0.240 e. The van der Waals surface area contributed by atoms with Crippen LogP contribution in [0.15, 0.2) is 47.6 Å². The molecule has 0 bridgehead atoms. The van der Waals surface area contributed by atoms with Crippen molar-refractivity contribution in [2.75, 3.05) is 13.1 Å². The number of hydrogen-bond donors (Lipinski definition) is 2. The third-order valence-electron chi connectivity index (χ3n) is 3.81. The fourth-order valence-electron chi connectivity index (χ4n) is 2.22. The van der Waals surface area contributed by atoms with Crippen molar-refractivity contribution in [2.45, 2.75) is 37.8 Å². The minimum Gasteiger partial charge on any atom is -0.311 e. The van der Waals surface area contributed by atoms with Gasteiger partial charge in [-0.05, 0) is 38.5 Å². The summed E-state index contributed by atoms with van der Waals surface area (Å²) in [7, 11) is -3.43. The van der Waals surface area contributed by atoms with E-state index in [1.165, 1.54) is 0 Å². The molecule has 1 heterocycles. The van der Waals surface area contributed by atoms with Crippen LogP contribution in [-0.2, 0) is 10.0 Å². The lowest BCUT2D eigenvalue weighted by Crippen LogP contribution is -2.39. The van der Waals surface area contributed by atoms with Crippen LogP contribution in [0.5, 0.6) is 0 Å². The molecule has 0 fully saturated rings. The van der Waals surface area contributed by atoms with E-state index in [1.807, 2.05) is 24.0 Å². The number of aromatic nitrogens is 2. The van der Waals surface area contributed by atoms with Crippen LogP contribution in [0.25, 0.3) is 0 Å². The summed E-state index contributed by atoms with van der Waals surface area (Å²) in [6.45, 7) is 7.04. The highest BCUT2D eigenvalue weighted by Crippen LogP contribution is 2.10. The van der Waals surface area contributed by atoms with Gasteiger partial charge >= 0.3 is 0 Å². The summed E-state index contributed by atoms with van der Waals surface area (Å²) in [5.41, 5.74) is 1.12. The van der Waals surface area contributed by atoms with Crippen LogP contribution in [-0.4, -0.2) is 37.3 Å². The Labute approximate surface area is 138 Å². The number of nitrogens with one attached hydrogen (secondary N) is 2. The lowest BCUT2D eigenvalue weighted by atomic mass is 10.2. The molecule has 1 aromatic carbocycles. The van der Waals surface area contributed by atoms with Crippen molar-refractivity contribution in [3.8, 4) is 0 Å². The van der Waals surface area contributed by atoms with E-state index in [0.717, 1.165) is 5.56 Å². The molecule has 0 saturated heterocycles. The first-order valence-electron chi connectivity index (χ1n) is 7.69. The van der Waals surface area contributed by atoms with Gasteiger partial charge in [-0.15, -0.1) is 0 Å². The fraction of sp³-hybridized carbons (Fsp3) is 0.438. The molecule has 2 atom stereocenters. The third kappa shape index (κ3) is 4.89. The van der Waals surface area contributed by atoms with Crippen molar-refractivity contribution >= 4 is 10.0 Å². The van der Waals surface area contributed by atoms with Gasteiger partial charge in [0.25, 0.3) is 0 Å². The van der Waals surface area contributed by atoms with Gasteiger partial charge in [-0.25, -0.2) is 13.1 Å². The first kappa shape index (κ1) is 17.7. The number of sulfonamides is 1. The molecule has 0 spiro atoms. The molecule has 0 radical (unpaired) electrons. The van der Waals surface area contributed by atoms with Gasteiger partial charge in [-0.3, -0.25) is 4.68 Å². The van der Waals surface area contributed by atoms with E-state index in [2.05, 4.69) is 29.0 Å². The Morgan fingerprint density at radius 2 is 1.87 bits per heavy atom. The van der Waals surface area contributed by atoms with Gasteiger partial charge in [0.2, 0.25) is 10.0 Å². The van der Waals surface area contributed by atoms with Crippen molar-refractivity contribution in [3.63, 3.8) is 0 Å². The minimum absolute atomic E-state index is 0.176. The van der Waals surface area contributed by atoms with Crippen molar-refractivity contribution in [2.24, 2.45) is 0 Å². The zero-order valence-corrected chi connectivity index (χ0v) is 14.5. The molecule has 0 aliphatic heterocycles. The first-order chi connectivity index (χ1) is 10.9. The van der Waals surface area contributed by atoms with Gasteiger partial charge in [-0.1, -0.05) is 18.2 Å². The molecule has 1 aromatic heterocycles. The molecule has 2 aromatic rings. The highest BCUT2D eigenvalue weighted by atomic mass is 32.2. The van der Waals surface area contributed by atoms with E-state index in [9.17, 15) is 8.42 Å². The summed E-state index contributed by atoms with van der Waals surface area (Å²) in [5, 5.41) is 7.64. The number of aryl methyl sites for hydroxylation is 1. The van der Waals surface area contributed by atoms with E-state index in [4.69, 9.17) is 0 Å². The average molecular weight is 336 g/mol. The Hall–Kier alpha value is -1.70. The lowest BCUT2D eigenvalue weighted by Gasteiger charge is -2.22. The molecule has 0 saturated carbocycles. The molecule has 126 valence electrons. The molecular weight excluding hydrogens is 312 g/mol. The Balaban J connectivity index is 1.79. The number of hydrogen-bond acceptors (Lipinski definition) is 4. The standard InChI is InChI=1S/C16H24N4O2S/c1-13-11-18-20(12-13)15(3)14(2)17-9-10-19-23(21,22)16-7-5-4-6-8-16/h4-8,11-12,14-15,17,19H,9-10H2,1-3H3/t14-,15+/m0/s1. The molecule has 7 heteroatoms. The van der Waals surface area contributed by atoms with Gasteiger partial charge in [-0.2, -0.15) is 5.10 Å². The van der Waals surface area contributed by atoms with Crippen molar-refractivity contribution in [3.05, 3.63) is 48.3 Å². The van der Waals surface area contributed by atoms with Crippen LogP contribution in [0, 0.1) is 6.92 Å². The molecule has 2 rings (SSSR count). The Kier molecular flexibility index (Phi) is 5.92. The van der Waals surface area contributed by atoms with Crippen molar-refractivity contribution in [1.29, 1.82) is 0 Å². The first-order valence-corrected chi connectivity index (χ1v) is 9.17. The molecule has 0 unspecified atom stereocenters. The predicted octanol–water partition coefficient (Wildman–Crippen LogP) is 1.71. The third-order valence-corrected chi connectivity index (χ3v) is 5.29. The van der Waals surface area contributed by atoms with Crippen LogP contribution in [0.1, 0.15) is 25.5 Å². The van der Waals surface area contributed by atoms with Crippen molar-refractivity contribution in [1.82, 2.24) is 19.8 Å². The van der Waals surface area contributed by atoms with Crippen LogP contribution in [0.4, 0.5) is 0 Å². The normalized spacial score (nSPS) is 14.6. The van der Waals surface area contributed by atoms with Crippen molar-refractivity contribution < 1.29 is 8.42 Å². The largest absolute Gasteiger partial charge is 0.311 e. The highest BCUT2D eigenvalue weighted by Gasteiger charge is 2.15. The van der Waals surface area contributed by atoms with Crippen LogP contribution >= 0.6 is 0 Å². The highest BCUT2D eigenvalue weighted by molar-refractivity contribution is 7.89. The lowest BCUT2D eigenvalue weighted by molar-refractivity contribution is 0.368. The summed E-state index contributed by atoms with van der Waals surface area (Å²) in [6.07, 6.45) is 3.83. The number of nitrogens with zero attached hydrogens (tertiary/aromatic N) is 2. The van der Waals surface area contributed by atoms with Gasteiger partial charge in [0.05, 0.1) is 17.1 Å². The van der Waals surface area contributed by atoms with E-state index >= 15 is 0 Å². The Morgan fingerprint density at radius 3 is 2.48 bits per heavy atom. The van der Waals surface area contributed by atoms with Gasteiger partial charge in [0.15, 0.2) is 0 Å². The second kappa shape index (κ2) is 7.72. The van der Waals surface area contributed by atoms with E-state index in [-0.39, 0.29) is 17.0 Å². The number of benzene rings is 1. The van der Waals surface area contributed by atoms with Gasteiger partial charge in [0, 0.05) is 25.3 Å². The molecule has 6 nitrogen and oxygen atoms in total. The smallest absolute Gasteiger partial charge is 0.240 e. The van der Waals surface area contributed by atoms with Crippen LogP contribution in [0.2, 0.25) is 0 Å². The Morgan fingerprint density at radius 1 is 1.17 bits per heavy atom. The van der Waals surface area contributed by atoms with Gasteiger partial charge in [0.1, 0.15) is 0 Å². The topological polar surface area (TPSA) is 76.0 Å². The van der Waals surface area contributed by atoms with Crippen LogP contribution < -0.4 is 10.0 Å². The van der Waals surface area contributed by atoms with Crippen LogP contribution in [0.3, 0.4) is 0 Å².